The summed E-state index contributed by atoms with van der Waals surface area (Å²) in [4.78, 5) is 9.96. The third kappa shape index (κ3) is 13.0. The van der Waals surface area contributed by atoms with Crippen LogP contribution in [0, 0.1) is 0 Å². The van der Waals surface area contributed by atoms with Crippen LogP contribution in [0.5, 0.6) is 0 Å². The molecule has 4 nitrogen and oxygen atoms in total. The molecule has 1 atom stereocenters. The molecular weight excluding hydrogens is 469 g/mol. The Kier molecular flexibility index (Phi) is 11.7. The Morgan fingerprint density at radius 1 is 1.40 bits per heavy atom. The van der Waals surface area contributed by atoms with Crippen LogP contribution in [0.25, 0.3) is 0 Å². The molecule has 0 radical (unpaired) electrons. The van der Waals surface area contributed by atoms with E-state index in [2.05, 4.69) is 31.9 Å². The molecule has 0 spiro atoms. The van der Waals surface area contributed by atoms with Crippen LogP contribution in [0.3, 0.4) is 0 Å². The second kappa shape index (κ2) is 8.20. The van der Waals surface area contributed by atoms with Gasteiger partial charge in [0.05, 0.1) is 4.83 Å². The molecule has 0 N–H and O–H groups in total. The van der Waals surface area contributed by atoms with Gasteiger partial charge >= 0.3 is 27.9 Å². The fourth-order valence-corrected chi connectivity index (χ4v) is 0. The van der Waals surface area contributed by atoms with Crippen LogP contribution in [-0.2, 0) is 37.3 Å². The number of hydrogen-bond acceptors (Lipinski definition) is 4. The van der Waals surface area contributed by atoms with Crippen LogP contribution in [-0.4, -0.2) is 28.0 Å². The predicted octanol–water partition coefficient (Wildman–Crippen LogP) is 1.74. The molecule has 0 aliphatic heterocycles. The van der Waals surface area contributed by atoms with Crippen LogP contribution in [0.15, 0.2) is 0 Å². The zero-order valence-corrected chi connectivity index (χ0v) is 12.3. The SMILES string of the molecule is CC(Br)C(=O)Br.O=S(=O)([O-])C(F)(F)F.[Ag+]. The van der Waals surface area contributed by atoms with Gasteiger partial charge in [-0.3, -0.25) is 4.79 Å². The molecule has 0 heterocycles. The summed E-state index contributed by atoms with van der Waals surface area (Å²) in [7, 11) is -6.09. The maximum Gasteiger partial charge on any atom is 1.00 e. The second-order valence-electron chi connectivity index (χ2n) is 1.82. The fourth-order valence-electron chi connectivity index (χ4n) is 0. The topological polar surface area (TPSA) is 74.3 Å². The molecule has 0 saturated carbocycles. The van der Waals surface area contributed by atoms with Crippen molar-refractivity contribution in [2.75, 3.05) is 0 Å². The summed E-state index contributed by atoms with van der Waals surface area (Å²) in [6.45, 7) is 1.76. The van der Waals surface area contributed by atoms with E-state index in [0.29, 0.717) is 0 Å². The predicted molar refractivity (Wildman–Crippen MR) is 48.1 cm³/mol. The largest absolute Gasteiger partial charge is 1.00 e. The van der Waals surface area contributed by atoms with Gasteiger partial charge in [-0.15, -0.1) is 0 Å². The van der Waals surface area contributed by atoms with Crippen LogP contribution in [0.2, 0.25) is 0 Å². The van der Waals surface area contributed by atoms with E-state index in [1.54, 1.807) is 6.92 Å². The van der Waals surface area contributed by atoms with E-state index in [0.717, 1.165) is 0 Å². The quantitative estimate of drug-likeness (QED) is 0.192. The first-order chi connectivity index (χ1) is 5.89. The Morgan fingerprint density at radius 3 is 1.53 bits per heavy atom. The molecule has 15 heavy (non-hydrogen) atoms. The van der Waals surface area contributed by atoms with E-state index in [1.807, 2.05) is 0 Å². The molecule has 0 rings (SSSR count). The average molecular weight is 473 g/mol. The van der Waals surface area contributed by atoms with Gasteiger partial charge in [0, 0.05) is 0 Å². The maximum atomic E-state index is 10.7. The van der Waals surface area contributed by atoms with E-state index >= 15 is 0 Å². The Hall–Kier alpha value is 1.07. The van der Waals surface area contributed by atoms with Crippen molar-refractivity contribution in [1.29, 1.82) is 0 Å². The molecule has 0 fully saturated rings. The first-order valence-electron chi connectivity index (χ1n) is 2.75. The minimum atomic E-state index is -6.09. The summed E-state index contributed by atoms with van der Waals surface area (Å²) in [5, 5.41) is 0. The molecule has 0 saturated heterocycles. The summed E-state index contributed by atoms with van der Waals surface area (Å²) >= 11 is 5.80. The molecule has 96 valence electrons. The van der Waals surface area contributed by atoms with Gasteiger partial charge < -0.3 is 4.55 Å². The first kappa shape index (κ1) is 21.4. The molecule has 11 heteroatoms. The van der Waals surface area contributed by atoms with E-state index in [1.165, 1.54) is 0 Å². The Labute approximate surface area is 116 Å². The molecule has 0 aliphatic carbocycles. The maximum absolute atomic E-state index is 10.7. The average Bonchev–Trinajstić information content (AvgIpc) is 1.83. The molecule has 0 aromatic heterocycles. The Bertz CT molecular complexity index is 289. The number of rotatable bonds is 1. The number of alkyl halides is 4. The smallest absolute Gasteiger partial charge is 0.741 e. The van der Waals surface area contributed by atoms with Crippen molar-refractivity contribution in [3.63, 3.8) is 0 Å². The molecular formula is C4H4AgBr2F3O4S. The van der Waals surface area contributed by atoms with Crippen molar-refractivity contribution < 1.29 is 53.3 Å². The monoisotopic (exact) mass is 470 g/mol. The van der Waals surface area contributed by atoms with Gasteiger partial charge in [-0.2, -0.15) is 13.2 Å². The zero-order chi connectivity index (χ0) is 12.2. The van der Waals surface area contributed by atoms with Gasteiger partial charge in [0.1, 0.15) is 0 Å². The van der Waals surface area contributed by atoms with Crippen LogP contribution in [0.1, 0.15) is 6.92 Å². The first-order valence-corrected chi connectivity index (χ1v) is 5.87. The van der Waals surface area contributed by atoms with Crippen molar-refractivity contribution in [2.45, 2.75) is 17.3 Å². The van der Waals surface area contributed by atoms with Gasteiger partial charge in [0.25, 0.3) is 0 Å². The van der Waals surface area contributed by atoms with Crippen LogP contribution >= 0.6 is 31.9 Å². The van der Waals surface area contributed by atoms with Crippen molar-refractivity contribution in [3.8, 4) is 0 Å². The number of carbonyl (C=O) groups is 1. The molecule has 0 bridgehead atoms. The van der Waals surface area contributed by atoms with E-state index in [9.17, 15) is 18.0 Å². The standard InChI is InChI=1S/C3H4Br2O.CHF3O3S.Ag/c1-2(4)3(5)6;2-1(3,4)8(5,6)7;/h2H,1H3;(H,5,6,7);/q;;+1/p-1. The third-order valence-electron chi connectivity index (χ3n) is 0.596. The van der Waals surface area contributed by atoms with Gasteiger partial charge in [-0.1, -0.05) is 15.9 Å². The normalized spacial score (nSPS) is 13.0. The molecule has 1 unspecified atom stereocenters. The minimum Gasteiger partial charge on any atom is -0.741 e. The van der Waals surface area contributed by atoms with Crippen LogP contribution < -0.4 is 0 Å². The van der Waals surface area contributed by atoms with E-state index in [-0.39, 0.29) is 31.9 Å². The Balaban J connectivity index is -0.000000187. The van der Waals surface area contributed by atoms with Gasteiger partial charge in [0.2, 0.25) is 4.69 Å². The Morgan fingerprint density at radius 2 is 1.53 bits per heavy atom. The fraction of sp³-hybridized carbons (Fsp3) is 0.750. The minimum absolute atomic E-state index is 0. The molecule has 0 amide bonds. The number of hydrogen-bond donors (Lipinski definition) is 0. The van der Waals surface area contributed by atoms with E-state index < -0.39 is 15.6 Å². The number of halogens is 5. The summed E-state index contributed by atoms with van der Waals surface area (Å²) in [6, 6.07) is 0. The van der Waals surface area contributed by atoms with Gasteiger partial charge in [0.15, 0.2) is 10.1 Å². The van der Waals surface area contributed by atoms with Crippen molar-refractivity contribution in [3.05, 3.63) is 0 Å². The van der Waals surface area contributed by atoms with Gasteiger partial charge in [-0.05, 0) is 22.9 Å². The second-order valence-corrected chi connectivity index (χ2v) is 5.35. The molecule has 0 aliphatic rings. The zero-order valence-electron chi connectivity index (χ0n) is 6.81. The summed E-state index contributed by atoms with van der Waals surface area (Å²) < 4.78 is 58.9. The van der Waals surface area contributed by atoms with Crippen molar-refractivity contribution in [2.24, 2.45) is 0 Å². The summed E-state index contributed by atoms with van der Waals surface area (Å²) in [6.07, 6.45) is 0. The molecule has 0 aromatic rings. The summed E-state index contributed by atoms with van der Waals surface area (Å²) in [5.74, 6) is 0. The van der Waals surface area contributed by atoms with E-state index in [4.69, 9.17) is 13.0 Å². The molecule has 0 aromatic carbocycles. The van der Waals surface area contributed by atoms with Crippen LogP contribution in [0.4, 0.5) is 13.2 Å². The number of carbonyl (C=O) groups excluding carboxylic acids is 1. The third-order valence-corrected chi connectivity index (χ3v) is 2.88. The van der Waals surface area contributed by atoms with Gasteiger partial charge in [-0.25, -0.2) is 8.42 Å². The summed E-state index contributed by atoms with van der Waals surface area (Å²) in [5.41, 5.74) is -5.65. The van der Waals surface area contributed by atoms with Crippen molar-refractivity contribution in [1.82, 2.24) is 0 Å². The van der Waals surface area contributed by atoms with Crippen molar-refractivity contribution >= 4 is 46.7 Å².